The number of rotatable bonds is 1. The first-order valence-electron chi connectivity index (χ1n) is 5.49. The van der Waals surface area contributed by atoms with Gasteiger partial charge in [-0.15, -0.1) is 0 Å². The maximum Gasteiger partial charge on any atom is 0.0993 e. The minimum absolute atomic E-state index is 0.0206. The molecule has 1 aliphatic heterocycles. The predicted molar refractivity (Wildman–Crippen MR) is 65.9 cm³/mol. The van der Waals surface area contributed by atoms with Crippen LogP contribution in [0.4, 0.5) is 0 Å². The molecule has 1 heterocycles. The van der Waals surface area contributed by atoms with E-state index in [0.717, 1.165) is 29.5 Å². The Labute approximate surface area is 104 Å². The van der Waals surface area contributed by atoms with Crippen LogP contribution in [0.15, 0.2) is 22.7 Å². The highest BCUT2D eigenvalue weighted by Crippen LogP contribution is 2.36. The highest BCUT2D eigenvalue weighted by molar-refractivity contribution is 9.10. The second kappa shape index (κ2) is 4.99. The fourth-order valence-corrected chi connectivity index (χ4v) is 2.80. The van der Waals surface area contributed by atoms with E-state index < -0.39 is 0 Å². The third kappa shape index (κ3) is 2.28. The largest absolute Gasteiger partial charge is 0.372 e. The van der Waals surface area contributed by atoms with Crippen LogP contribution < -0.4 is 0 Å². The highest BCUT2D eigenvalue weighted by atomic mass is 79.9. The van der Waals surface area contributed by atoms with Crippen molar-refractivity contribution in [3.05, 3.63) is 33.8 Å². The fourth-order valence-electron chi connectivity index (χ4n) is 2.08. The van der Waals surface area contributed by atoms with Crippen LogP contribution in [-0.2, 0) is 4.74 Å². The normalized spacial score (nSPS) is 25.1. The Morgan fingerprint density at radius 3 is 3.00 bits per heavy atom. The van der Waals surface area contributed by atoms with E-state index in [4.69, 9.17) is 10.00 Å². The molecule has 1 aromatic rings. The molecule has 0 saturated carbocycles. The molecule has 3 heteroatoms. The summed E-state index contributed by atoms with van der Waals surface area (Å²) in [4.78, 5) is 0. The van der Waals surface area contributed by atoms with Crippen molar-refractivity contribution in [2.45, 2.75) is 25.9 Å². The molecular weight excluding hydrogens is 266 g/mol. The third-order valence-corrected chi connectivity index (χ3v) is 3.64. The van der Waals surface area contributed by atoms with Crippen molar-refractivity contribution >= 4 is 15.9 Å². The van der Waals surface area contributed by atoms with Crippen molar-refractivity contribution in [3.63, 3.8) is 0 Å². The zero-order valence-corrected chi connectivity index (χ0v) is 10.8. The Hall–Kier alpha value is -0.850. The summed E-state index contributed by atoms with van der Waals surface area (Å²) in [6.45, 7) is 2.81. The summed E-state index contributed by atoms with van der Waals surface area (Å²) in [5, 5.41) is 9.12. The van der Waals surface area contributed by atoms with Gasteiger partial charge >= 0.3 is 0 Å². The Morgan fingerprint density at radius 2 is 2.31 bits per heavy atom. The van der Waals surface area contributed by atoms with Crippen LogP contribution in [-0.4, -0.2) is 6.61 Å². The van der Waals surface area contributed by atoms with E-state index in [0.29, 0.717) is 0 Å². The van der Waals surface area contributed by atoms with Crippen molar-refractivity contribution < 1.29 is 4.74 Å². The van der Waals surface area contributed by atoms with Gasteiger partial charge in [-0.05, 0) is 37.0 Å². The topological polar surface area (TPSA) is 33.0 Å². The van der Waals surface area contributed by atoms with Gasteiger partial charge in [0.15, 0.2) is 0 Å². The number of nitrogens with zero attached hydrogens (tertiary/aromatic N) is 1. The summed E-state index contributed by atoms with van der Waals surface area (Å²) in [5.74, 6) is -0.0206. The number of ether oxygens (including phenoxy) is 1. The smallest absolute Gasteiger partial charge is 0.0993 e. The number of halogens is 1. The molecule has 0 bridgehead atoms. The van der Waals surface area contributed by atoms with Gasteiger partial charge in [-0.25, -0.2) is 0 Å². The Bertz CT molecular complexity index is 424. The van der Waals surface area contributed by atoms with Gasteiger partial charge in [-0.3, -0.25) is 0 Å². The lowest BCUT2D eigenvalue weighted by Crippen LogP contribution is -2.21. The van der Waals surface area contributed by atoms with Crippen LogP contribution in [0.1, 0.15) is 30.1 Å². The number of hydrogen-bond acceptors (Lipinski definition) is 2. The van der Waals surface area contributed by atoms with E-state index in [1.165, 1.54) is 5.56 Å². The monoisotopic (exact) mass is 279 g/mol. The molecule has 2 unspecified atom stereocenters. The van der Waals surface area contributed by atoms with Gasteiger partial charge in [0.1, 0.15) is 0 Å². The van der Waals surface area contributed by atoms with Crippen molar-refractivity contribution in [1.29, 1.82) is 5.26 Å². The summed E-state index contributed by atoms with van der Waals surface area (Å²) >= 11 is 3.55. The molecule has 1 saturated heterocycles. The molecule has 2 rings (SSSR count). The van der Waals surface area contributed by atoms with Gasteiger partial charge in [-0.1, -0.05) is 28.1 Å². The van der Waals surface area contributed by atoms with Gasteiger partial charge in [0.2, 0.25) is 0 Å². The third-order valence-electron chi connectivity index (χ3n) is 2.95. The summed E-state index contributed by atoms with van der Waals surface area (Å²) < 4.78 is 6.78. The van der Waals surface area contributed by atoms with E-state index in [-0.39, 0.29) is 12.0 Å². The minimum Gasteiger partial charge on any atom is -0.372 e. The van der Waals surface area contributed by atoms with E-state index in [2.05, 4.69) is 47.1 Å². The molecule has 84 valence electrons. The van der Waals surface area contributed by atoms with Crippen LogP contribution in [0, 0.1) is 24.2 Å². The second-order valence-electron chi connectivity index (χ2n) is 4.19. The van der Waals surface area contributed by atoms with Gasteiger partial charge in [0.25, 0.3) is 0 Å². The van der Waals surface area contributed by atoms with Crippen molar-refractivity contribution in [2.75, 3.05) is 6.61 Å². The van der Waals surface area contributed by atoms with Gasteiger partial charge in [0.05, 0.1) is 18.1 Å². The van der Waals surface area contributed by atoms with Crippen LogP contribution in [0.3, 0.4) is 0 Å². The number of nitriles is 1. The minimum atomic E-state index is -0.0753. The molecule has 0 spiro atoms. The first-order valence-corrected chi connectivity index (χ1v) is 6.29. The zero-order valence-electron chi connectivity index (χ0n) is 9.24. The fraction of sp³-hybridized carbons (Fsp3) is 0.462. The molecule has 0 aliphatic carbocycles. The Morgan fingerprint density at radius 1 is 1.50 bits per heavy atom. The van der Waals surface area contributed by atoms with Gasteiger partial charge < -0.3 is 4.74 Å². The molecule has 1 aromatic carbocycles. The summed E-state index contributed by atoms with van der Waals surface area (Å²) in [5.41, 5.74) is 2.30. The summed E-state index contributed by atoms with van der Waals surface area (Å²) in [6.07, 6.45) is 1.84. The van der Waals surface area contributed by atoms with Gasteiger partial charge in [0, 0.05) is 11.1 Å². The van der Waals surface area contributed by atoms with Crippen molar-refractivity contribution in [2.24, 2.45) is 5.92 Å². The molecule has 16 heavy (non-hydrogen) atoms. The standard InChI is InChI=1S/C13H14BrNO/c1-9-4-5-11(12(14)7-9)13-10(8-15)3-2-6-16-13/h4-5,7,10,13H,2-3,6H2,1H3. The molecule has 0 radical (unpaired) electrons. The van der Waals surface area contributed by atoms with E-state index >= 15 is 0 Å². The van der Waals surface area contributed by atoms with Crippen LogP contribution in [0.25, 0.3) is 0 Å². The number of aryl methyl sites for hydroxylation is 1. The molecule has 0 N–H and O–H groups in total. The van der Waals surface area contributed by atoms with Gasteiger partial charge in [-0.2, -0.15) is 5.26 Å². The van der Waals surface area contributed by atoms with Crippen LogP contribution in [0.5, 0.6) is 0 Å². The first kappa shape index (κ1) is 11.6. The molecular formula is C13H14BrNO. The number of hydrogen-bond donors (Lipinski definition) is 0. The quantitative estimate of drug-likeness (QED) is 0.785. The van der Waals surface area contributed by atoms with E-state index in [1.54, 1.807) is 0 Å². The maximum atomic E-state index is 9.12. The highest BCUT2D eigenvalue weighted by Gasteiger charge is 2.28. The summed E-state index contributed by atoms with van der Waals surface area (Å²) in [6, 6.07) is 8.54. The molecule has 0 amide bonds. The average molecular weight is 280 g/mol. The number of benzene rings is 1. The molecule has 2 nitrogen and oxygen atoms in total. The molecule has 0 aromatic heterocycles. The Balaban J connectivity index is 2.31. The lowest BCUT2D eigenvalue weighted by molar-refractivity contribution is -0.0106. The zero-order chi connectivity index (χ0) is 11.5. The van der Waals surface area contributed by atoms with E-state index in [9.17, 15) is 0 Å². The maximum absolute atomic E-state index is 9.12. The molecule has 1 fully saturated rings. The van der Waals surface area contributed by atoms with Crippen LogP contribution in [0.2, 0.25) is 0 Å². The van der Waals surface area contributed by atoms with Crippen LogP contribution >= 0.6 is 15.9 Å². The summed E-state index contributed by atoms with van der Waals surface area (Å²) in [7, 11) is 0. The Kier molecular flexibility index (Phi) is 3.63. The molecule has 2 atom stereocenters. The lowest BCUT2D eigenvalue weighted by atomic mass is 9.90. The van der Waals surface area contributed by atoms with Crippen molar-refractivity contribution in [1.82, 2.24) is 0 Å². The lowest BCUT2D eigenvalue weighted by Gasteiger charge is -2.28. The molecule has 1 aliphatic rings. The predicted octanol–water partition coefficient (Wildman–Crippen LogP) is 3.75. The SMILES string of the molecule is Cc1ccc(C2OCCCC2C#N)c(Br)c1. The second-order valence-corrected chi connectivity index (χ2v) is 5.05. The first-order chi connectivity index (χ1) is 7.72. The van der Waals surface area contributed by atoms with E-state index in [1.807, 2.05) is 0 Å². The van der Waals surface area contributed by atoms with Crippen molar-refractivity contribution in [3.8, 4) is 6.07 Å². The average Bonchev–Trinajstić information content (AvgIpc) is 2.29.